The molecular weight excluding hydrogens is 412 g/mol. The molecule has 0 saturated carbocycles. The van der Waals surface area contributed by atoms with Gasteiger partial charge in [0.2, 0.25) is 5.91 Å². The van der Waals surface area contributed by atoms with Gasteiger partial charge in [-0.2, -0.15) is 9.78 Å². The molecule has 0 spiro atoms. The smallest absolute Gasteiger partial charge is 0.281 e. The summed E-state index contributed by atoms with van der Waals surface area (Å²) in [6, 6.07) is 19.1. The highest BCUT2D eigenvalue weighted by Gasteiger charge is 2.26. The fraction of sp³-hybridized carbons (Fsp3) is 0.296. The monoisotopic (exact) mass is 442 g/mol. The number of aromatic nitrogens is 3. The molecule has 2 atom stereocenters. The molecule has 1 amide bonds. The summed E-state index contributed by atoms with van der Waals surface area (Å²) < 4.78 is 3.41. The average Bonchev–Trinajstić information content (AvgIpc) is 3.10. The van der Waals surface area contributed by atoms with Gasteiger partial charge in [0.1, 0.15) is 6.04 Å². The van der Waals surface area contributed by atoms with Crippen LogP contribution in [-0.2, 0) is 4.79 Å². The van der Waals surface area contributed by atoms with E-state index in [-0.39, 0.29) is 17.4 Å². The van der Waals surface area contributed by atoms with Crippen molar-refractivity contribution in [1.82, 2.24) is 19.7 Å². The second kappa shape index (κ2) is 9.45. The minimum Gasteiger partial charge on any atom is -0.354 e. The first-order valence-electron chi connectivity index (χ1n) is 11.4. The van der Waals surface area contributed by atoms with E-state index in [1.807, 2.05) is 73.9 Å². The van der Waals surface area contributed by atoms with Crippen molar-refractivity contribution in [2.24, 2.45) is 0 Å². The molecule has 2 heterocycles. The molecule has 0 aliphatic heterocycles. The minimum absolute atomic E-state index is 0.0388. The first-order valence-corrected chi connectivity index (χ1v) is 11.4. The molecule has 0 radical (unpaired) electrons. The average molecular weight is 443 g/mol. The van der Waals surface area contributed by atoms with Crippen molar-refractivity contribution in [3.8, 4) is 5.69 Å². The number of carbonyl (C=O) groups is 1. The van der Waals surface area contributed by atoms with E-state index in [0.29, 0.717) is 24.0 Å². The quantitative estimate of drug-likeness (QED) is 0.452. The molecule has 0 bridgehead atoms. The first kappa shape index (κ1) is 22.5. The Labute approximate surface area is 193 Å². The van der Waals surface area contributed by atoms with Gasteiger partial charge in [-0.3, -0.25) is 9.59 Å². The van der Waals surface area contributed by atoms with Gasteiger partial charge in [-0.15, -0.1) is 0 Å². The molecule has 4 aromatic rings. The molecule has 0 fully saturated rings. The highest BCUT2D eigenvalue weighted by atomic mass is 16.2. The predicted molar refractivity (Wildman–Crippen MR) is 132 cm³/mol. The normalized spacial score (nSPS) is 13.1. The van der Waals surface area contributed by atoms with Crippen LogP contribution < -0.4 is 10.9 Å². The van der Waals surface area contributed by atoms with Crippen LogP contribution in [0.3, 0.4) is 0 Å². The lowest BCUT2D eigenvalue weighted by atomic mass is 10.0. The molecule has 170 valence electrons. The first-order chi connectivity index (χ1) is 15.9. The third-order valence-electron chi connectivity index (χ3n) is 6.41. The summed E-state index contributed by atoms with van der Waals surface area (Å²) in [5.41, 5.74) is 3.40. The van der Waals surface area contributed by atoms with E-state index >= 15 is 0 Å². The van der Waals surface area contributed by atoms with Crippen LogP contribution in [0.1, 0.15) is 49.2 Å². The maximum atomic E-state index is 13.4. The zero-order valence-corrected chi connectivity index (χ0v) is 19.6. The van der Waals surface area contributed by atoms with E-state index in [4.69, 9.17) is 0 Å². The van der Waals surface area contributed by atoms with Crippen molar-refractivity contribution in [2.75, 3.05) is 6.54 Å². The number of para-hydroxylation sites is 1. The summed E-state index contributed by atoms with van der Waals surface area (Å²) in [7, 11) is 0. The standard InChI is InChI=1S/C27H30N4O2/c1-5-24(26(32)28-16-18(2)21-12-8-6-9-13-21)30-19(3)23-17-29-31(22-14-10-7-11-15-22)27(33)25(23)20(30)4/h6-15,17-18,24H,5,16H2,1-4H3,(H,28,32). The predicted octanol–water partition coefficient (Wildman–Crippen LogP) is 4.68. The van der Waals surface area contributed by atoms with Gasteiger partial charge < -0.3 is 9.88 Å². The molecule has 6 heteroatoms. The lowest BCUT2D eigenvalue weighted by molar-refractivity contribution is -0.124. The van der Waals surface area contributed by atoms with E-state index in [1.165, 1.54) is 10.2 Å². The van der Waals surface area contributed by atoms with Gasteiger partial charge in [0.15, 0.2) is 0 Å². The SMILES string of the molecule is CCC(C(=O)NCC(C)c1ccccc1)n1c(C)c2cnn(-c3ccccc3)c(=O)c2c1C. The van der Waals surface area contributed by atoms with Gasteiger partial charge in [-0.05, 0) is 43.9 Å². The van der Waals surface area contributed by atoms with Crippen LogP contribution >= 0.6 is 0 Å². The molecule has 33 heavy (non-hydrogen) atoms. The van der Waals surface area contributed by atoms with Crippen LogP contribution in [0.5, 0.6) is 0 Å². The van der Waals surface area contributed by atoms with Crippen molar-refractivity contribution in [3.63, 3.8) is 0 Å². The number of hydrogen-bond acceptors (Lipinski definition) is 3. The summed E-state index contributed by atoms with van der Waals surface area (Å²) in [6.07, 6.45) is 2.35. The lowest BCUT2D eigenvalue weighted by Crippen LogP contribution is -2.35. The molecule has 4 rings (SSSR count). The second-order valence-electron chi connectivity index (χ2n) is 8.51. The van der Waals surface area contributed by atoms with Crippen molar-refractivity contribution >= 4 is 16.7 Å². The zero-order chi connectivity index (χ0) is 23.5. The number of carbonyl (C=O) groups excluding carboxylic acids is 1. The van der Waals surface area contributed by atoms with Crippen LogP contribution in [0, 0.1) is 13.8 Å². The van der Waals surface area contributed by atoms with Crippen LogP contribution in [0.25, 0.3) is 16.5 Å². The zero-order valence-electron chi connectivity index (χ0n) is 19.6. The molecule has 2 aromatic carbocycles. The molecule has 0 saturated heterocycles. The van der Waals surface area contributed by atoms with Crippen molar-refractivity contribution < 1.29 is 4.79 Å². The summed E-state index contributed by atoms with van der Waals surface area (Å²) in [5.74, 6) is 0.170. The van der Waals surface area contributed by atoms with Crippen molar-refractivity contribution in [1.29, 1.82) is 0 Å². The minimum atomic E-state index is -0.398. The molecular formula is C27H30N4O2. The molecule has 6 nitrogen and oxygen atoms in total. The van der Waals surface area contributed by atoms with Gasteiger partial charge in [0.25, 0.3) is 5.56 Å². The van der Waals surface area contributed by atoms with E-state index < -0.39 is 6.04 Å². The summed E-state index contributed by atoms with van der Waals surface area (Å²) in [5, 5.41) is 8.92. The molecule has 0 aliphatic rings. The Hall–Kier alpha value is -3.67. The van der Waals surface area contributed by atoms with E-state index in [9.17, 15) is 9.59 Å². The number of rotatable bonds is 7. The van der Waals surface area contributed by atoms with Crippen molar-refractivity contribution in [3.05, 3.63) is 94.2 Å². The van der Waals surface area contributed by atoms with Gasteiger partial charge in [0.05, 0.1) is 17.3 Å². The highest BCUT2D eigenvalue weighted by Crippen LogP contribution is 2.28. The van der Waals surface area contributed by atoms with Crippen LogP contribution in [0.2, 0.25) is 0 Å². The molecule has 2 unspecified atom stereocenters. The largest absolute Gasteiger partial charge is 0.354 e. The summed E-state index contributed by atoms with van der Waals surface area (Å²) in [6.45, 7) is 8.52. The fourth-order valence-electron chi connectivity index (χ4n) is 4.56. The Morgan fingerprint density at radius 1 is 1.00 bits per heavy atom. The number of nitrogens with one attached hydrogen (secondary N) is 1. The van der Waals surface area contributed by atoms with Crippen LogP contribution in [-0.4, -0.2) is 26.8 Å². The Morgan fingerprint density at radius 3 is 2.27 bits per heavy atom. The summed E-state index contributed by atoms with van der Waals surface area (Å²) >= 11 is 0. The van der Waals surface area contributed by atoms with Gasteiger partial charge >= 0.3 is 0 Å². The maximum Gasteiger partial charge on any atom is 0.281 e. The lowest BCUT2D eigenvalue weighted by Gasteiger charge is -2.22. The van der Waals surface area contributed by atoms with Crippen LogP contribution in [0.15, 0.2) is 71.7 Å². The number of amides is 1. The Kier molecular flexibility index (Phi) is 6.45. The third kappa shape index (κ3) is 4.21. The third-order valence-corrected chi connectivity index (χ3v) is 6.41. The molecule has 2 aromatic heterocycles. The Balaban J connectivity index is 1.66. The van der Waals surface area contributed by atoms with Gasteiger partial charge in [-0.1, -0.05) is 62.4 Å². The van der Waals surface area contributed by atoms with Gasteiger partial charge in [-0.25, -0.2) is 0 Å². The molecule has 1 N–H and O–H groups in total. The van der Waals surface area contributed by atoms with E-state index in [1.54, 1.807) is 6.20 Å². The van der Waals surface area contributed by atoms with E-state index in [2.05, 4.69) is 29.5 Å². The highest BCUT2D eigenvalue weighted by molar-refractivity contribution is 5.89. The number of nitrogens with zero attached hydrogens (tertiary/aromatic N) is 3. The second-order valence-corrected chi connectivity index (χ2v) is 8.51. The van der Waals surface area contributed by atoms with Gasteiger partial charge in [0, 0.05) is 23.3 Å². The number of hydrogen-bond donors (Lipinski definition) is 1. The molecule has 0 aliphatic carbocycles. The Morgan fingerprint density at radius 2 is 1.64 bits per heavy atom. The number of aryl methyl sites for hydroxylation is 2. The summed E-state index contributed by atoms with van der Waals surface area (Å²) in [4.78, 5) is 26.6. The fourth-order valence-corrected chi connectivity index (χ4v) is 4.56. The Bertz CT molecular complexity index is 1320. The maximum absolute atomic E-state index is 13.4. The topological polar surface area (TPSA) is 68.9 Å². The van der Waals surface area contributed by atoms with E-state index in [0.717, 1.165) is 16.8 Å². The number of benzene rings is 2. The van der Waals surface area contributed by atoms with Crippen LogP contribution in [0.4, 0.5) is 0 Å². The van der Waals surface area contributed by atoms with Crippen molar-refractivity contribution in [2.45, 2.75) is 46.1 Å². The number of fused-ring (bicyclic) bond motifs is 1.